The van der Waals surface area contributed by atoms with Crippen LogP contribution in [-0.4, -0.2) is 16.2 Å². The molecule has 4 bridgehead atoms. The standard InChI is InChI=1S/C13H20N4/c14-11-6-12(17-16-11)15-13-9-2-7-1-8(4-9)5-10(13)3-7/h6-10,13H,1-5H2,(H4,14,15,16,17). The van der Waals surface area contributed by atoms with Gasteiger partial charge < -0.3 is 11.1 Å². The number of nitrogens with two attached hydrogens (primary N) is 1. The molecule has 0 atom stereocenters. The highest BCUT2D eigenvalue weighted by atomic mass is 15.2. The molecule has 0 aliphatic heterocycles. The minimum Gasteiger partial charge on any atom is -0.384 e. The van der Waals surface area contributed by atoms with Gasteiger partial charge in [0.25, 0.3) is 0 Å². The van der Waals surface area contributed by atoms with Crippen LogP contribution in [0.1, 0.15) is 32.1 Å². The summed E-state index contributed by atoms with van der Waals surface area (Å²) in [5.74, 6) is 5.39. The summed E-state index contributed by atoms with van der Waals surface area (Å²) in [5.41, 5.74) is 5.67. The van der Waals surface area contributed by atoms with Crippen LogP contribution in [0.25, 0.3) is 0 Å². The number of anilines is 2. The molecule has 4 fully saturated rings. The van der Waals surface area contributed by atoms with Gasteiger partial charge in [-0.25, -0.2) is 0 Å². The van der Waals surface area contributed by atoms with Crippen molar-refractivity contribution in [3.63, 3.8) is 0 Å². The van der Waals surface area contributed by atoms with Crippen molar-refractivity contribution in [2.75, 3.05) is 11.1 Å². The van der Waals surface area contributed by atoms with Crippen molar-refractivity contribution < 1.29 is 0 Å². The number of H-pyrrole nitrogens is 1. The van der Waals surface area contributed by atoms with Crippen LogP contribution in [-0.2, 0) is 0 Å². The van der Waals surface area contributed by atoms with Crippen molar-refractivity contribution in [2.24, 2.45) is 23.7 Å². The molecule has 4 aliphatic rings. The third-order valence-electron chi connectivity index (χ3n) is 5.14. The molecule has 17 heavy (non-hydrogen) atoms. The van der Waals surface area contributed by atoms with E-state index in [1.54, 1.807) is 0 Å². The minimum absolute atomic E-state index is 0.644. The first-order chi connectivity index (χ1) is 8.28. The lowest BCUT2D eigenvalue weighted by atomic mass is 9.54. The Labute approximate surface area is 101 Å². The minimum atomic E-state index is 0.644. The molecule has 1 heterocycles. The molecule has 1 aromatic heterocycles. The molecule has 92 valence electrons. The lowest BCUT2D eigenvalue weighted by Crippen LogP contribution is -2.51. The zero-order valence-corrected chi connectivity index (χ0v) is 10.0. The molecule has 0 unspecified atom stereocenters. The van der Waals surface area contributed by atoms with Crippen molar-refractivity contribution in [1.82, 2.24) is 10.2 Å². The number of nitrogen functional groups attached to an aromatic ring is 1. The van der Waals surface area contributed by atoms with E-state index in [9.17, 15) is 0 Å². The second-order valence-corrected chi connectivity index (χ2v) is 6.31. The molecule has 4 saturated carbocycles. The fraction of sp³-hybridized carbons (Fsp3) is 0.769. The molecule has 0 amide bonds. The topological polar surface area (TPSA) is 66.7 Å². The summed E-state index contributed by atoms with van der Waals surface area (Å²) in [6.45, 7) is 0. The summed E-state index contributed by atoms with van der Waals surface area (Å²) < 4.78 is 0. The molecule has 5 rings (SSSR count). The molecule has 0 saturated heterocycles. The fourth-order valence-electron chi connectivity index (χ4n) is 4.74. The number of hydrogen-bond donors (Lipinski definition) is 3. The zero-order chi connectivity index (χ0) is 11.4. The van der Waals surface area contributed by atoms with Gasteiger partial charge in [-0.3, -0.25) is 5.10 Å². The molecular weight excluding hydrogens is 212 g/mol. The Morgan fingerprint density at radius 3 is 2.29 bits per heavy atom. The Morgan fingerprint density at radius 2 is 1.76 bits per heavy atom. The van der Waals surface area contributed by atoms with E-state index in [-0.39, 0.29) is 0 Å². The fourth-order valence-corrected chi connectivity index (χ4v) is 4.74. The van der Waals surface area contributed by atoms with Crippen molar-refractivity contribution in [3.05, 3.63) is 6.07 Å². The maximum Gasteiger partial charge on any atom is 0.150 e. The van der Waals surface area contributed by atoms with E-state index in [4.69, 9.17) is 5.73 Å². The van der Waals surface area contributed by atoms with Crippen molar-refractivity contribution in [3.8, 4) is 0 Å². The Balaban J connectivity index is 1.54. The predicted octanol–water partition coefficient (Wildman–Crippen LogP) is 2.23. The highest BCUT2D eigenvalue weighted by molar-refractivity contribution is 5.45. The maximum atomic E-state index is 5.67. The van der Waals surface area contributed by atoms with Crippen molar-refractivity contribution >= 4 is 11.6 Å². The van der Waals surface area contributed by atoms with Gasteiger partial charge in [-0.1, -0.05) is 0 Å². The van der Waals surface area contributed by atoms with Crippen LogP contribution in [0.3, 0.4) is 0 Å². The number of aromatic amines is 1. The lowest BCUT2D eigenvalue weighted by Gasteiger charge is -2.54. The third kappa shape index (κ3) is 1.53. The lowest BCUT2D eigenvalue weighted by molar-refractivity contribution is 0.00742. The molecular formula is C13H20N4. The van der Waals surface area contributed by atoms with Crippen LogP contribution in [0.4, 0.5) is 11.6 Å². The smallest absolute Gasteiger partial charge is 0.150 e. The molecule has 4 N–H and O–H groups in total. The van der Waals surface area contributed by atoms with Gasteiger partial charge in [-0.15, -0.1) is 0 Å². The van der Waals surface area contributed by atoms with E-state index in [0.29, 0.717) is 11.9 Å². The van der Waals surface area contributed by atoms with Gasteiger partial charge >= 0.3 is 0 Å². The van der Waals surface area contributed by atoms with E-state index in [2.05, 4.69) is 15.5 Å². The number of nitrogens with zero attached hydrogens (tertiary/aromatic N) is 1. The van der Waals surface area contributed by atoms with Crippen LogP contribution < -0.4 is 11.1 Å². The highest BCUT2D eigenvalue weighted by Gasteiger charge is 2.48. The monoisotopic (exact) mass is 232 g/mol. The van der Waals surface area contributed by atoms with Crippen LogP contribution in [0, 0.1) is 23.7 Å². The zero-order valence-electron chi connectivity index (χ0n) is 10.0. The van der Waals surface area contributed by atoms with Gasteiger partial charge in [-0.05, 0) is 55.8 Å². The summed E-state index contributed by atoms with van der Waals surface area (Å²) in [7, 11) is 0. The van der Waals surface area contributed by atoms with Crippen LogP contribution in [0.5, 0.6) is 0 Å². The Morgan fingerprint density at radius 1 is 1.12 bits per heavy atom. The molecule has 4 heteroatoms. The summed E-state index contributed by atoms with van der Waals surface area (Å²) in [6, 6.07) is 2.55. The Hall–Kier alpha value is -1.19. The van der Waals surface area contributed by atoms with Crippen molar-refractivity contribution in [2.45, 2.75) is 38.1 Å². The normalized spacial score (nSPS) is 42.9. The van der Waals surface area contributed by atoms with Crippen LogP contribution in [0.2, 0.25) is 0 Å². The average molecular weight is 232 g/mol. The molecule has 4 aliphatic carbocycles. The van der Waals surface area contributed by atoms with Crippen molar-refractivity contribution in [1.29, 1.82) is 0 Å². The van der Waals surface area contributed by atoms with Gasteiger partial charge in [0.15, 0.2) is 0 Å². The third-order valence-corrected chi connectivity index (χ3v) is 5.14. The summed E-state index contributed by atoms with van der Waals surface area (Å²) in [5, 5.41) is 10.6. The number of hydrogen-bond acceptors (Lipinski definition) is 3. The number of rotatable bonds is 2. The molecule has 0 aromatic carbocycles. The predicted molar refractivity (Wildman–Crippen MR) is 67.5 cm³/mol. The Kier molecular flexibility index (Phi) is 1.96. The van der Waals surface area contributed by atoms with Gasteiger partial charge in [0.05, 0.1) is 0 Å². The summed E-state index contributed by atoms with van der Waals surface area (Å²) in [6.07, 6.45) is 7.25. The first kappa shape index (κ1) is 9.80. The number of aromatic nitrogens is 2. The summed E-state index contributed by atoms with van der Waals surface area (Å²) in [4.78, 5) is 0. The van der Waals surface area contributed by atoms with E-state index in [1.807, 2.05) is 6.07 Å². The first-order valence-corrected chi connectivity index (χ1v) is 6.85. The van der Waals surface area contributed by atoms with Crippen LogP contribution >= 0.6 is 0 Å². The summed E-state index contributed by atoms with van der Waals surface area (Å²) >= 11 is 0. The molecule has 4 nitrogen and oxygen atoms in total. The second kappa shape index (κ2) is 3.40. The second-order valence-electron chi connectivity index (χ2n) is 6.31. The largest absolute Gasteiger partial charge is 0.384 e. The van der Waals surface area contributed by atoms with Crippen LogP contribution in [0.15, 0.2) is 6.07 Å². The van der Waals surface area contributed by atoms with E-state index in [0.717, 1.165) is 29.5 Å². The van der Waals surface area contributed by atoms with Gasteiger partial charge in [0.1, 0.15) is 11.6 Å². The molecule has 1 aromatic rings. The molecule has 0 radical (unpaired) electrons. The van der Waals surface area contributed by atoms with E-state index >= 15 is 0 Å². The number of nitrogens with one attached hydrogen (secondary N) is 2. The van der Waals surface area contributed by atoms with E-state index < -0.39 is 0 Å². The van der Waals surface area contributed by atoms with Gasteiger partial charge in [0.2, 0.25) is 0 Å². The van der Waals surface area contributed by atoms with Gasteiger partial charge in [0, 0.05) is 12.1 Å². The first-order valence-electron chi connectivity index (χ1n) is 6.85. The van der Waals surface area contributed by atoms with E-state index in [1.165, 1.54) is 32.1 Å². The van der Waals surface area contributed by atoms with Gasteiger partial charge in [-0.2, -0.15) is 5.10 Å². The quantitative estimate of drug-likeness (QED) is 0.732. The Bertz CT molecular complexity index is 397. The maximum absolute atomic E-state index is 5.67. The SMILES string of the molecule is Nc1cc(NC2C3CC4CC(C3)CC2C4)n[nH]1. The highest BCUT2D eigenvalue weighted by Crippen LogP contribution is 2.54. The average Bonchev–Trinajstić information content (AvgIpc) is 2.68. The molecule has 0 spiro atoms.